The van der Waals surface area contributed by atoms with Gasteiger partial charge in [0.05, 0.1) is 12.6 Å². The van der Waals surface area contributed by atoms with E-state index < -0.39 is 5.60 Å². The summed E-state index contributed by atoms with van der Waals surface area (Å²) in [6.07, 6.45) is 1.61. The van der Waals surface area contributed by atoms with Gasteiger partial charge in [0, 0.05) is 6.54 Å². The number of aliphatic hydroxyl groups excluding tert-OH is 1. The third-order valence-electron chi connectivity index (χ3n) is 2.78. The highest BCUT2D eigenvalue weighted by Crippen LogP contribution is 2.23. The first-order valence-corrected chi connectivity index (χ1v) is 5.94. The largest absolute Gasteiger partial charge is 0.444 e. The van der Waals surface area contributed by atoms with Crippen molar-refractivity contribution in [1.82, 2.24) is 4.90 Å². The van der Waals surface area contributed by atoms with Gasteiger partial charge < -0.3 is 14.7 Å². The Morgan fingerprint density at radius 2 is 2.06 bits per heavy atom. The molecule has 0 aromatic heterocycles. The summed E-state index contributed by atoms with van der Waals surface area (Å²) in [6, 6.07) is -0.0777. The Morgan fingerprint density at radius 1 is 1.44 bits per heavy atom. The van der Waals surface area contributed by atoms with Gasteiger partial charge in [-0.2, -0.15) is 0 Å². The lowest BCUT2D eigenvalue weighted by molar-refractivity contribution is -0.00476. The van der Waals surface area contributed by atoms with E-state index in [2.05, 4.69) is 6.92 Å². The quantitative estimate of drug-likeness (QED) is 0.748. The normalized spacial score (nSPS) is 26.7. The van der Waals surface area contributed by atoms with E-state index in [-0.39, 0.29) is 18.7 Å². The fourth-order valence-electron chi connectivity index (χ4n) is 1.94. The van der Waals surface area contributed by atoms with Crippen LogP contribution in [0.1, 0.15) is 40.5 Å². The Hall–Kier alpha value is -0.770. The van der Waals surface area contributed by atoms with Crippen molar-refractivity contribution in [3.63, 3.8) is 0 Å². The molecule has 16 heavy (non-hydrogen) atoms. The second kappa shape index (κ2) is 5.04. The number of ether oxygens (including phenoxy) is 1. The summed E-state index contributed by atoms with van der Waals surface area (Å²) in [6.45, 7) is 8.38. The highest BCUT2D eigenvalue weighted by molar-refractivity contribution is 5.68. The number of aliphatic hydroxyl groups is 1. The first-order valence-electron chi connectivity index (χ1n) is 5.94. The standard InChI is InChI=1S/C12H23NO3/c1-9-5-6-10(8-14)13(7-9)11(15)16-12(2,3)4/h9-10,14H,5-8H2,1-4H3/t9-,10-/m1/s1. The zero-order chi connectivity index (χ0) is 12.3. The molecule has 0 aliphatic carbocycles. The second-order valence-electron chi connectivity index (χ2n) is 5.65. The summed E-state index contributed by atoms with van der Waals surface area (Å²) in [4.78, 5) is 13.6. The smallest absolute Gasteiger partial charge is 0.410 e. The van der Waals surface area contributed by atoms with Crippen molar-refractivity contribution in [3.8, 4) is 0 Å². The lowest BCUT2D eigenvalue weighted by atomic mass is 9.95. The molecular formula is C12H23NO3. The minimum atomic E-state index is -0.474. The molecule has 1 heterocycles. The van der Waals surface area contributed by atoms with E-state index in [0.717, 1.165) is 12.8 Å². The monoisotopic (exact) mass is 229 g/mol. The van der Waals surface area contributed by atoms with Gasteiger partial charge in [0.15, 0.2) is 0 Å². The van der Waals surface area contributed by atoms with Crippen LogP contribution in [0.5, 0.6) is 0 Å². The van der Waals surface area contributed by atoms with E-state index in [1.54, 1.807) is 4.90 Å². The molecule has 0 spiro atoms. The number of piperidine rings is 1. The predicted molar refractivity (Wildman–Crippen MR) is 62.2 cm³/mol. The summed E-state index contributed by atoms with van der Waals surface area (Å²) < 4.78 is 5.33. The maximum atomic E-state index is 11.9. The van der Waals surface area contributed by atoms with Crippen molar-refractivity contribution in [3.05, 3.63) is 0 Å². The molecule has 0 unspecified atom stereocenters. The molecule has 0 saturated carbocycles. The molecule has 1 aliphatic rings. The summed E-state index contributed by atoms with van der Waals surface area (Å²) >= 11 is 0. The Labute approximate surface area is 97.6 Å². The lowest BCUT2D eigenvalue weighted by Crippen LogP contribution is -2.49. The van der Waals surface area contributed by atoms with Gasteiger partial charge in [0.1, 0.15) is 5.60 Å². The lowest BCUT2D eigenvalue weighted by Gasteiger charge is -2.38. The maximum absolute atomic E-state index is 11.9. The molecule has 0 bridgehead atoms. The van der Waals surface area contributed by atoms with Gasteiger partial charge in [-0.1, -0.05) is 6.92 Å². The number of likely N-dealkylation sites (tertiary alicyclic amines) is 1. The Morgan fingerprint density at radius 3 is 2.56 bits per heavy atom. The van der Waals surface area contributed by atoms with Crippen molar-refractivity contribution in [2.24, 2.45) is 5.92 Å². The van der Waals surface area contributed by atoms with Gasteiger partial charge in [-0.05, 0) is 39.5 Å². The third kappa shape index (κ3) is 3.67. The number of hydrogen-bond donors (Lipinski definition) is 1. The highest BCUT2D eigenvalue weighted by atomic mass is 16.6. The predicted octanol–water partition coefficient (Wildman–Crippen LogP) is 2.01. The molecule has 1 rings (SSSR count). The van der Waals surface area contributed by atoms with Crippen LogP contribution in [0, 0.1) is 5.92 Å². The topological polar surface area (TPSA) is 49.8 Å². The van der Waals surface area contributed by atoms with E-state index in [0.29, 0.717) is 12.5 Å². The third-order valence-corrected chi connectivity index (χ3v) is 2.78. The first-order chi connectivity index (χ1) is 7.33. The van der Waals surface area contributed by atoms with E-state index in [4.69, 9.17) is 4.74 Å². The zero-order valence-electron chi connectivity index (χ0n) is 10.7. The average molecular weight is 229 g/mol. The average Bonchev–Trinajstić information content (AvgIpc) is 2.15. The molecular weight excluding hydrogens is 206 g/mol. The van der Waals surface area contributed by atoms with Crippen LogP contribution in [-0.4, -0.2) is 40.9 Å². The molecule has 1 aliphatic heterocycles. The van der Waals surface area contributed by atoms with Crippen LogP contribution < -0.4 is 0 Å². The van der Waals surface area contributed by atoms with E-state index in [1.165, 1.54) is 0 Å². The minimum Gasteiger partial charge on any atom is -0.444 e. The summed E-state index contributed by atoms with van der Waals surface area (Å²) in [5.74, 6) is 0.482. The molecule has 0 radical (unpaired) electrons. The van der Waals surface area contributed by atoms with E-state index in [9.17, 15) is 9.90 Å². The van der Waals surface area contributed by atoms with E-state index in [1.807, 2.05) is 20.8 Å². The number of amides is 1. The molecule has 2 atom stereocenters. The maximum Gasteiger partial charge on any atom is 0.410 e. The molecule has 1 N–H and O–H groups in total. The number of nitrogens with zero attached hydrogens (tertiary/aromatic N) is 1. The molecule has 0 aromatic rings. The molecule has 1 saturated heterocycles. The fraction of sp³-hybridized carbons (Fsp3) is 0.917. The number of carbonyl (C=O) groups excluding carboxylic acids is 1. The number of rotatable bonds is 1. The van der Waals surface area contributed by atoms with Gasteiger partial charge in [-0.3, -0.25) is 0 Å². The fourth-order valence-corrected chi connectivity index (χ4v) is 1.94. The van der Waals surface area contributed by atoms with Crippen LogP contribution in [0.15, 0.2) is 0 Å². The Bertz CT molecular complexity index is 247. The van der Waals surface area contributed by atoms with Gasteiger partial charge in [-0.25, -0.2) is 4.79 Å². The number of carbonyl (C=O) groups is 1. The molecule has 1 amide bonds. The van der Waals surface area contributed by atoms with Gasteiger partial charge in [0.2, 0.25) is 0 Å². The molecule has 94 valence electrons. The van der Waals surface area contributed by atoms with Gasteiger partial charge in [-0.15, -0.1) is 0 Å². The molecule has 0 aromatic carbocycles. The van der Waals surface area contributed by atoms with Crippen LogP contribution in [0.4, 0.5) is 4.79 Å². The van der Waals surface area contributed by atoms with Crippen LogP contribution in [-0.2, 0) is 4.74 Å². The van der Waals surface area contributed by atoms with Gasteiger partial charge >= 0.3 is 6.09 Å². The first kappa shape index (κ1) is 13.3. The summed E-state index contributed by atoms with van der Waals surface area (Å²) in [5, 5.41) is 9.25. The van der Waals surface area contributed by atoms with E-state index >= 15 is 0 Å². The van der Waals surface area contributed by atoms with Crippen molar-refractivity contribution >= 4 is 6.09 Å². The van der Waals surface area contributed by atoms with Crippen molar-refractivity contribution in [2.75, 3.05) is 13.2 Å². The number of hydrogen-bond acceptors (Lipinski definition) is 3. The zero-order valence-corrected chi connectivity index (χ0v) is 10.7. The SMILES string of the molecule is C[C@@H]1CC[C@H](CO)N(C(=O)OC(C)(C)C)C1. The Balaban J connectivity index is 2.63. The summed E-state index contributed by atoms with van der Waals surface area (Å²) in [5.41, 5.74) is -0.474. The van der Waals surface area contributed by atoms with Crippen molar-refractivity contribution < 1.29 is 14.6 Å². The van der Waals surface area contributed by atoms with Crippen molar-refractivity contribution in [2.45, 2.75) is 52.2 Å². The molecule has 1 fully saturated rings. The molecule has 4 heteroatoms. The molecule has 4 nitrogen and oxygen atoms in total. The summed E-state index contributed by atoms with van der Waals surface area (Å²) in [7, 11) is 0. The highest BCUT2D eigenvalue weighted by Gasteiger charge is 2.32. The van der Waals surface area contributed by atoms with Gasteiger partial charge in [0.25, 0.3) is 0 Å². The van der Waals surface area contributed by atoms with Crippen molar-refractivity contribution in [1.29, 1.82) is 0 Å². The van der Waals surface area contributed by atoms with Crippen LogP contribution in [0.25, 0.3) is 0 Å². The van der Waals surface area contributed by atoms with Crippen LogP contribution in [0.2, 0.25) is 0 Å². The Kier molecular flexibility index (Phi) is 4.19. The second-order valence-corrected chi connectivity index (χ2v) is 5.65. The van der Waals surface area contributed by atoms with Crippen LogP contribution >= 0.6 is 0 Å². The van der Waals surface area contributed by atoms with Crippen LogP contribution in [0.3, 0.4) is 0 Å². The minimum absolute atomic E-state index is 0.0198.